The Balaban J connectivity index is 1.29. The Morgan fingerprint density at radius 3 is 1.73 bits per heavy atom. The van der Waals surface area contributed by atoms with E-state index < -0.39 is 0 Å². The SMILES string of the molecule is c1ccc(N(c2ccc3c(c2)-c2cccc4c2-c2ccccc2-c2cccc-4c2-3)c2cccc3oc4ccccc4c23)cc1. The summed E-state index contributed by atoms with van der Waals surface area (Å²) in [5.74, 6) is 0. The topological polar surface area (TPSA) is 16.4 Å². The molecule has 2 aliphatic carbocycles. The zero-order chi connectivity index (χ0) is 28.8. The molecule has 1 aromatic heterocycles. The van der Waals surface area contributed by atoms with Gasteiger partial charge in [0.25, 0.3) is 0 Å². The zero-order valence-corrected chi connectivity index (χ0v) is 23.8. The average molecular weight is 560 g/mol. The second kappa shape index (κ2) is 8.82. The molecule has 8 aromatic rings. The minimum atomic E-state index is 0.888. The van der Waals surface area contributed by atoms with E-state index in [4.69, 9.17) is 4.42 Å². The molecule has 2 nitrogen and oxygen atoms in total. The van der Waals surface area contributed by atoms with Crippen LogP contribution >= 0.6 is 0 Å². The maximum Gasteiger partial charge on any atom is 0.137 e. The molecule has 0 fully saturated rings. The highest BCUT2D eigenvalue weighted by atomic mass is 16.3. The summed E-state index contributed by atoms with van der Waals surface area (Å²) in [4.78, 5) is 2.38. The maximum absolute atomic E-state index is 6.33. The van der Waals surface area contributed by atoms with Gasteiger partial charge in [-0.1, -0.05) is 109 Å². The summed E-state index contributed by atoms with van der Waals surface area (Å²) in [6, 6.07) is 54.9. The summed E-state index contributed by atoms with van der Waals surface area (Å²) in [6.45, 7) is 0. The molecule has 44 heavy (non-hydrogen) atoms. The molecule has 0 aliphatic heterocycles. The van der Waals surface area contributed by atoms with Crippen molar-refractivity contribution in [3.8, 4) is 55.6 Å². The first-order valence-corrected chi connectivity index (χ1v) is 15.1. The molecule has 0 saturated heterocycles. The van der Waals surface area contributed by atoms with Gasteiger partial charge in [-0.05, 0) is 98.1 Å². The number of anilines is 3. The Morgan fingerprint density at radius 2 is 0.932 bits per heavy atom. The predicted octanol–water partition coefficient (Wildman–Crippen LogP) is 12.0. The van der Waals surface area contributed by atoms with Crippen LogP contribution in [0.3, 0.4) is 0 Å². The summed E-state index contributed by atoms with van der Waals surface area (Å²) >= 11 is 0. The summed E-state index contributed by atoms with van der Waals surface area (Å²) in [5.41, 5.74) is 18.0. The van der Waals surface area contributed by atoms with E-state index in [0.29, 0.717) is 0 Å². The van der Waals surface area contributed by atoms with E-state index in [2.05, 4.69) is 144 Å². The highest BCUT2D eigenvalue weighted by Crippen LogP contribution is 2.57. The fourth-order valence-electron chi connectivity index (χ4n) is 7.58. The standard InChI is InChI=1S/C42H25NO/c1-2-11-26(12-3-1)43(37-20-10-22-39-42(37)35-15-6-7-21-38(35)44-39)27-23-24-34-36(25-27)33-19-9-18-31-32-17-8-16-30(41(32)34)28-13-4-5-14-29(28)40(31)33/h1-25H. The van der Waals surface area contributed by atoms with Gasteiger partial charge in [0.05, 0.1) is 11.1 Å². The second-order valence-electron chi connectivity index (χ2n) is 11.7. The second-order valence-corrected chi connectivity index (χ2v) is 11.7. The van der Waals surface area contributed by atoms with Crippen LogP contribution in [0.25, 0.3) is 77.6 Å². The van der Waals surface area contributed by atoms with Crippen molar-refractivity contribution >= 4 is 39.0 Å². The molecule has 0 amide bonds. The van der Waals surface area contributed by atoms with Gasteiger partial charge in [0, 0.05) is 16.8 Å². The fourth-order valence-corrected chi connectivity index (χ4v) is 7.58. The van der Waals surface area contributed by atoms with Crippen LogP contribution in [0.4, 0.5) is 17.1 Å². The summed E-state index contributed by atoms with van der Waals surface area (Å²) < 4.78 is 6.33. The Morgan fingerprint density at radius 1 is 0.364 bits per heavy atom. The molecule has 0 radical (unpaired) electrons. The van der Waals surface area contributed by atoms with Crippen molar-refractivity contribution in [3.63, 3.8) is 0 Å². The van der Waals surface area contributed by atoms with E-state index in [-0.39, 0.29) is 0 Å². The Hall–Kier alpha value is -5.86. The maximum atomic E-state index is 6.33. The average Bonchev–Trinajstić information content (AvgIpc) is 3.42. The van der Waals surface area contributed by atoms with Gasteiger partial charge in [0.2, 0.25) is 0 Å². The smallest absolute Gasteiger partial charge is 0.137 e. The molecule has 1 heterocycles. The number of hydrogen-bond acceptors (Lipinski definition) is 2. The van der Waals surface area contributed by atoms with Gasteiger partial charge < -0.3 is 9.32 Å². The third-order valence-electron chi connectivity index (χ3n) is 9.36. The molecule has 0 spiro atoms. The number of benzene rings is 7. The summed E-state index contributed by atoms with van der Waals surface area (Å²) in [5, 5.41) is 2.24. The van der Waals surface area contributed by atoms with Crippen LogP contribution < -0.4 is 4.90 Å². The van der Waals surface area contributed by atoms with E-state index >= 15 is 0 Å². The number of hydrogen-bond donors (Lipinski definition) is 0. The minimum Gasteiger partial charge on any atom is -0.456 e. The monoisotopic (exact) mass is 559 g/mol. The van der Waals surface area contributed by atoms with Crippen molar-refractivity contribution in [2.45, 2.75) is 0 Å². The van der Waals surface area contributed by atoms with E-state index in [0.717, 1.165) is 39.0 Å². The lowest BCUT2D eigenvalue weighted by atomic mass is 9.83. The molecule has 10 rings (SSSR count). The Bertz CT molecular complexity index is 2420. The first-order chi connectivity index (χ1) is 21.8. The molecule has 0 N–H and O–H groups in total. The number of para-hydroxylation sites is 2. The third kappa shape index (κ3) is 3.14. The van der Waals surface area contributed by atoms with Crippen molar-refractivity contribution in [1.82, 2.24) is 0 Å². The normalized spacial score (nSPS) is 12.1. The van der Waals surface area contributed by atoms with Crippen LogP contribution in [0.15, 0.2) is 156 Å². The number of nitrogens with zero attached hydrogens (tertiary/aromatic N) is 1. The largest absolute Gasteiger partial charge is 0.456 e. The van der Waals surface area contributed by atoms with Gasteiger partial charge in [-0.25, -0.2) is 0 Å². The van der Waals surface area contributed by atoms with Crippen molar-refractivity contribution < 1.29 is 4.42 Å². The fraction of sp³-hybridized carbons (Fsp3) is 0. The first-order valence-electron chi connectivity index (χ1n) is 15.1. The van der Waals surface area contributed by atoms with Crippen LogP contribution in [0.1, 0.15) is 0 Å². The van der Waals surface area contributed by atoms with Crippen molar-refractivity contribution in [2.75, 3.05) is 4.90 Å². The summed E-state index contributed by atoms with van der Waals surface area (Å²) in [7, 11) is 0. The van der Waals surface area contributed by atoms with Crippen LogP contribution in [-0.4, -0.2) is 0 Å². The van der Waals surface area contributed by atoms with E-state index in [1.165, 1.54) is 55.6 Å². The molecule has 0 unspecified atom stereocenters. The van der Waals surface area contributed by atoms with Gasteiger partial charge in [0.15, 0.2) is 0 Å². The van der Waals surface area contributed by atoms with Crippen molar-refractivity contribution in [3.05, 3.63) is 152 Å². The summed E-state index contributed by atoms with van der Waals surface area (Å²) in [6.07, 6.45) is 0. The highest BCUT2D eigenvalue weighted by Gasteiger charge is 2.31. The lowest BCUT2D eigenvalue weighted by Crippen LogP contribution is -2.10. The van der Waals surface area contributed by atoms with Gasteiger partial charge >= 0.3 is 0 Å². The van der Waals surface area contributed by atoms with Crippen molar-refractivity contribution in [1.29, 1.82) is 0 Å². The Kier molecular flexibility index (Phi) is 4.75. The molecular weight excluding hydrogens is 534 g/mol. The Labute approximate surface area is 255 Å². The lowest BCUT2D eigenvalue weighted by Gasteiger charge is -2.28. The van der Waals surface area contributed by atoms with Gasteiger partial charge in [-0.15, -0.1) is 0 Å². The lowest BCUT2D eigenvalue weighted by molar-refractivity contribution is 0.669. The molecule has 204 valence electrons. The van der Waals surface area contributed by atoms with Crippen LogP contribution in [-0.2, 0) is 0 Å². The van der Waals surface area contributed by atoms with Gasteiger partial charge in [-0.2, -0.15) is 0 Å². The number of fused-ring (bicyclic) bond motifs is 7. The third-order valence-corrected chi connectivity index (χ3v) is 9.36. The molecule has 7 aromatic carbocycles. The van der Waals surface area contributed by atoms with Crippen molar-refractivity contribution in [2.24, 2.45) is 0 Å². The molecule has 6 bridgehead atoms. The molecular formula is C42H25NO. The molecule has 0 atom stereocenters. The molecule has 2 aliphatic rings. The number of rotatable bonds is 3. The molecule has 0 saturated carbocycles. The predicted molar refractivity (Wildman–Crippen MR) is 183 cm³/mol. The molecule has 2 heteroatoms. The zero-order valence-electron chi connectivity index (χ0n) is 23.8. The van der Waals surface area contributed by atoms with Gasteiger partial charge in [-0.3, -0.25) is 0 Å². The van der Waals surface area contributed by atoms with Crippen LogP contribution in [0.2, 0.25) is 0 Å². The van der Waals surface area contributed by atoms with E-state index in [1.807, 2.05) is 12.1 Å². The first kappa shape index (κ1) is 23.7. The quantitative estimate of drug-likeness (QED) is 0.214. The van der Waals surface area contributed by atoms with Gasteiger partial charge in [0.1, 0.15) is 11.2 Å². The van der Waals surface area contributed by atoms with E-state index in [1.54, 1.807) is 0 Å². The highest BCUT2D eigenvalue weighted by molar-refractivity contribution is 6.16. The van der Waals surface area contributed by atoms with E-state index in [9.17, 15) is 0 Å². The van der Waals surface area contributed by atoms with Crippen LogP contribution in [0, 0.1) is 0 Å². The minimum absolute atomic E-state index is 0.888. The number of furan rings is 1. The van der Waals surface area contributed by atoms with Crippen LogP contribution in [0.5, 0.6) is 0 Å².